The topological polar surface area (TPSA) is 61.0 Å². The van der Waals surface area contributed by atoms with Crippen molar-refractivity contribution in [2.75, 3.05) is 63.9 Å². The van der Waals surface area contributed by atoms with Crippen LogP contribution in [0.15, 0.2) is 82.7 Å². The number of fused-ring (bicyclic) bond motifs is 3. The van der Waals surface area contributed by atoms with Crippen LogP contribution in [0.3, 0.4) is 0 Å². The first-order chi connectivity index (χ1) is 21.8. The van der Waals surface area contributed by atoms with Crippen LogP contribution in [-0.4, -0.2) is 79.8 Å². The zero-order valence-electron chi connectivity index (χ0n) is 25.2. The van der Waals surface area contributed by atoms with Gasteiger partial charge in [-0.1, -0.05) is 30.0 Å². The van der Waals surface area contributed by atoms with E-state index in [1.54, 1.807) is 6.07 Å². The number of alkyl halides is 3. The molecule has 0 saturated carbocycles. The summed E-state index contributed by atoms with van der Waals surface area (Å²) in [6.07, 6.45) is -1.70. The maximum atomic E-state index is 13.5. The molecule has 0 bridgehead atoms. The second-order valence-electron chi connectivity index (χ2n) is 11.5. The molecule has 4 aromatic rings. The number of piperazine rings is 1. The Morgan fingerprint density at radius 1 is 0.911 bits per heavy atom. The molecule has 0 radical (unpaired) electrons. The molecule has 0 amide bonds. The minimum Gasteiger partial charge on any atom is -0.492 e. The number of aromatic nitrogens is 1. The third kappa shape index (κ3) is 7.43. The number of benzene rings is 3. The molecule has 1 unspecified atom stereocenters. The van der Waals surface area contributed by atoms with E-state index in [2.05, 4.69) is 14.8 Å². The number of hydrogen-bond donors (Lipinski definition) is 1. The van der Waals surface area contributed by atoms with E-state index < -0.39 is 11.7 Å². The molecule has 1 saturated heterocycles. The third-order valence-electron chi connectivity index (χ3n) is 8.37. The molecule has 1 atom stereocenters. The van der Waals surface area contributed by atoms with Crippen LogP contribution in [-0.2, 0) is 15.7 Å². The average molecular weight is 639 g/mol. The van der Waals surface area contributed by atoms with E-state index in [1.807, 2.05) is 66.6 Å². The Morgan fingerprint density at radius 2 is 1.67 bits per heavy atom. The van der Waals surface area contributed by atoms with Crippen molar-refractivity contribution in [3.63, 3.8) is 0 Å². The zero-order chi connectivity index (χ0) is 31.4. The first kappa shape index (κ1) is 31.3. The van der Waals surface area contributed by atoms with Crippen molar-refractivity contribution in [2.24, 2.45) is 5.92 Å². The molecule has 3 aromatic carbocycles. The van der Waals surface area contributed by atoms with E-state index in [4.69, 9.17) is 9.47 Å². The van der Waals surface area contributed by atoms with E-state index >= 15 is 0 Å². The Kier molecular flexibility index (Phi) is 9.58. The van der Waals surface area contributed by atoms with Crippen LogP contribution < -0.4 is 9.64 Å². The molecule has 6 rings (SSSR count). The van der Waals surface area contributed by atoms with Crippen molar-refractivity contribution < 1.29 is 27.4 Å². The molecule has 1 N–H and O–H groups in total. The number of halogens is 3. The Balaban J connectivity index is 0.927. The third-order valence-corrected chi connectivity index (χ3v) is 9.50. The molecule has 0 spiro atoms. The van der Waals surface area contributed by atoms with Gasteiger partial charge in [-0.25, -0.2) is 0 Å². The van der Waals surface area contributed by atoms with Gasteiger partial charge < -0.3 is 24.3 Å². The van der Waals surface area contributed by atoms with Gasteiger partial charge in [0.15, 0.2) is 0 Å². The summed E-state index contributed by atoms with van der Waals surface area (Å²) in [5.41, 5.74) is 1.93. The van der Waals surface area contributed by atoms with E-state index in [1.165, 1.54) is 23.9 Å². The lowest BCUT2D eigenvalue weighted by Crippen LogP contribution is -2.47. The highest BCUT2D eigenvalue weighted by atomic mass is 32.2. The predicted molar refractivity (Wildman–Crippen MR) is 170 cm³/mol. The van der Waals surface area contributed by atoms with Gasteiger partial charge in [-0.2, -0.15) is 13.2 Å². The van der Waals surface area contributed by atoms with E-state index in [9.17, 15) is 18.0 Å². The SMILES string of the molecule is CC(COc1cccc2[nH]ccc12)C(=O)OCCN1CCN(CCCN2c3ccccc3Sc3ccc(C(F)(F)F)cc32)CC1. The number of nitrogens with one attached hydrogen (secondary N) is 1. The standard InChI is InChI=1S/C34H37F3N4O3S/c1-24(23-44-30-8-4-6-27-26(30)12-13-38-27)33(42)43-21-20-40-18-16-39(17-19-40)14-5-15-41-28-7-2-3-9-31(28)45-32-11-10-25(22-29(32)41)34(35,36)37/h2-4,6-13,22,24,38H,5,14-21,23H2,1H3. The van der Waals surface area contributed by atoms with Crippen molar-refractivity contribution in [1.29, 1.82) is 0 Å². The number of carbonyl (C=O) groups excluding carboxylic acids is 1. The Labute approximate surface area is 265 Å². The van der Waals surface area contributed by atoms with Crippen LogP contribution in [0, 0.1) is 5.92 Å². The van der Waals surface area contributed by atoms with Crippen molar-refractivity contribution in [3.8, 4) is 5.75 Å². The van der Waals surface area contributed by atoms with E-state index in [-0.39, 0.29) is 18.5 Å². The molecule has 2 aliphatic heterocycles. The lowest BCUT2D eigenvalue weighted by Gasteiger charge is -2.36. The van der Waals surface area contributed by atoms with Crippen LogP contribution in [0.2, 0.25) is 0 Å². The summed E-state index contributed by atoms with van der Waals surface area (Å²) < 4.78 is 52.0. The largest absolute Gasteiger partial charge is 0.492 e. The first-order valence-corrected chi connectivity index (χ1v) is 16.1. The van der Waals surface area contributed by atoms with Gasteiger partial charge in [-0.15, -0.1) is 0 Å². The lowest BCUT2D eigenvalue weighted by molar-refractivity contribution is -0.149. The number of H-pyrrole nitrogens is 1. The van der Waals surface area contributed by atoms with Gasteiger partial charge in [0, 0.05) is 66.2 Å². The highest BCUT2D eigenvalue weighted by Crippen LogP contribution is 2.49. The first-order valence-electron chi connectivity index (χ1n) is 15.3. The number of anilines is 2. The van der Waals surface area contributed by atoms with Crippen molar-refractivity contribution >= 4 is 40.0 Å². The number of ether oxygens (including phenoxy) is 2. The molecule has 11 heteroatoms. The summed E-state index contributed by atoms with van der Waals surface area (Å²) in [7, 11) is 0. The molecule has 3 heterocycles. The second-order valence-corrected chi connectivity index (χ2v) is 12.6. The summed E-state index contributed by atoms with van der Waals surface area (Å²) in [6, 6.07) is 19.7. The maximum Gasteiger partial charge on any atom is 0.416 e. The monoisotopic (exact) mass is 638 g/mol. The second kappa shape index (κ2) is 13.8. The van der Waals surface area contributed by atoms with Gasteiger partial charge in [-0.05, 0) is 68.4 Å². The molecular weight excluding hydrogens is 601 g/mol. The van der Waals surface area contributed by atoms with Crippen molar-refractivity contribution in [3.05, 3.63) is 78.5 Å². The molecule has 2 aliphatic rings. The fourth-order valence-electron chi connectivity index (χ4n) is 5.82. The zero-order valence-corrected chi connectivity index (χ0v) is 26.0. The summed E-state index contributed by atoms with van der Waals surface area (Å²) in [6.45, 7) is 8.09. The number of hydrogen-bond acceptors (Lipinski definition) is 7. The number of para-hydroxylation sites is 1. The smallest absolute Gasteiger partial charge is 0.416 e. The molecular formula is C34H37F3N4O3S. The van der Waals surface area contributed by atoms with Gasteiger partial charge in [-0.3, -0.25) is 9.69 Å². The molecule has 1 aromatic heterocycles. The fraction of sp³-hybridized carbons (Fsp3) is 0.382. The quantitative estimate of drug-likeness (QED) is 0.177. The number of aromatic amines is 1. The Hall–Kier alpha value is -3.67. The molecule has 45 heavy (non-hydrogen) atoms. The highest BCUT2D eigenvalue weighted by molar-refractivity contribution is 7.99. The Morgan fingerprint density at radius 3 is 2.47 bits per heavy atom. The predicted octanol–water partition coefficient (Wildman–Crippen LogP) is 7.06. The van der Waals surface area contributed by atoms with Gasteiger partial charge in [0.1, 0.15) is 19.0 Å². The van der Waals surface area contributed by atoms with Crippen LogP contribution in [0.1, 0.15) is 18.9 Å². The Bertz CT molecular complexity index is 1620. The summed E-state index contributed by atoms with van der Waals surface area (Å²) in [5, 5.41) is 0.984. The summed E-state index contributed by atoms with van der Waals surface area (Å²) in [5.74, 6) is 0.0939. The lowest BCUT2D eigenvalue weighted by atomic mass is 10.1. The van der Waals surface area contributed by atoms with Crippen LogP contribution >= 0.6 is 11.8 Å². The summed E-state index contributed by atoms with van der Waals surface area (Å²) >= 11 is 1.52. The van der Waals surface area contributed by atoms with Crippen LogP contribution in [0.25, 0.3) is 10.9 Å². The van der Waals surface area contributed by atoms with E-state index in [0.29, 0.717) is 25.4 Å². The van der Waals surface area contributed by atoms with Gasteiger partial charge >= 0.3 is 12.1 Å². The minimum atomic E-state index is -4.38. The minimum absolute atomic E-state index is 0.249. The van der Waals surface area contributed by atoms with Gasteiger partial charge in [0.25, 0.3) is 0 Å². The summed E-state index contributed by atoms with van der Waals surface area (Å²) in [4.78, 5) is 24.3. The normalized spacial score (nSPS) is 16.3. The average Bonchev–Trinajstić information content (AvgIpc) is 3.53. The van der Waals surface area contributed by atoms with Gasteiger partial charge in [0.2, 0.25) is 0 Å². The maximum absolute atomic E-state index is 13.5. The van der Waals surface area contributed by atoms with Gasteiger partial charge in [0.05, 0.1) is 22.9 Å². The van der Waals surface area contributed by atoms with Crippen LogP contribution in [0.4, 0.5) is 24.5 Å². The molecule has 7 nitrogen and oxygen atoms in total. The molecule has 0 aliphatic carbocycles. The van der Waals surface area contributed by atoms with Crippen molar-refractivity contribution in [1.82, 2.24) is 14.8 Å². The number of carbonyl (C=O) groups is 1. The molecule has 238 valence electrons. The van der Waals surface area contributed by atoms with Crippen LogP contribution in [0.5, 0.6) is 5.75 Å². The molecule has 1 fully saturated rings. The number of rotatable bonds is 11. The fourth-order valence-corrected chi connectivity index (χ4v) is 6.89. The van der Waals surface area contributed by atoms with E-state index in [0.717, 1.165) is 71.3 Å². The van der Waals surface area contributed by atoms with Crippen molar-refractivity contribution in [2.45, 2.75) is 29.3 Å². The number of nitrogens with zero attached hydrogens (tertiary/aromatic N) is 3. The number of esters is 1. The highest BCUT2D eigenvalue weighted by Gasteiger charge is 2.33.